The van der Waals surface area contributed by atoms with E-state index >= 15 is 0 Å². The van der Waals surface area contributed by atoms with Gasteiger partial charge in [0, 0.05) is 6.07 Å². The van der Waals surface area contributed by atoms with Gasteiger partial charge in [-0.25, -0.2) is 0 Å². The molecule has 15 heavy (non-hydrogen) atoms. The number of halogens is 1. The van der Waals surface area contributed by atoms with Crippen LogP contribution in [0.1, 0.15) is 0 Å². The van der Waals surface area contributed by atoms with E-state index in [1.54, 1.807) is 0 Å². The first kappa shape index (κ1) is 11.0. The second-order valence-corrected chi connectivity index (χ2v) is 2.84. The molecule has 1 aromatic carbocycles. The van der Waals surface area contributed by atoms with Crippen molar-refractivity contribution < 1.29 is 20.1 Å². The van der Waals surface area contributed by atoms with Crippen molar-refractivity contribution in [1.82, 2.24) is 0 Å². The first-order valence-corrected chi connectivity index (χ1v) is 3.77. The summed E-state index contributed by atoms with van der Waals surface area (Å²) in [6, 6.07) is 0.592. The molecule has 0 bridgehead atoms. The molecule has 0 fully saturated rings. The Kier molecular flexibility index (Phi) is 2.62. The Morgan fingerprint density at radius 1 is 1.13 bits per heavy atom. The van der Waals surface area contributed by atoms with Crippen molar-refractivity contribution in [3.05, 3.63) is 31.3 Å². The Morgan fingerprint density at radius 3 is 2.07 bits per heavy atom. The molecule has 0 amide bonds. The topological polar surface area (TPSA) is 127 Å². The maximum absolute atomic E-state index is 10.4. The number of rotatable bonds is 2. The van der Waals surface area contributed by atoms with Crippen molar-refractivity contribution in [2.75, 3.05) is 0 Å². The molecule has 2 N–H and O–H groups in total. The molecule has 9 heteroatoms. The summed E-state index contributed by atoms with van der Waals surface area (Å²) < 4.78 is 0. The average molecular weight is 235 g/mol. The van der Waals surface area contributed by atoms with Crippen LogP contribution < -0.4 is 0 Å². The lowest BCUT2D eigenvalue weighted by molar-refractivity contribution is -0.423. The van der Waals surface area contributed by atoms with E-state index in [0.717, 1.165) is 0 Å². The standard InChI is InChI=1S/C6H3ClN2O6/c7-2-1-3(8(12)13)4(9(14)15)6(11)5(2)10/h1,10-11H. The van der Waals surface area contributed by atoms with Crippen LogP contribution in [-0.2, 0) is 0 Å². The van der Waals surface area contributed by atoms with E-state index in [1.165, 1.54) is 0 Å². The average Bonchev–Trinajstić information content (AvgIpc) is 2.12. The van der Waals surface area contributed by atoms with E-state index in [2.05, 4.69) is 0 Å². The van der Waals surface area contributed by atoms with Crippen LogP contribution in [0.5, 0.6) is 11.5 Å². The van der Waals surface area contributed by atoms with Gasteiger partial charge in [0.1, 0.15) is 0 Å². The number of aromatic hydroxyl groups is 2. The van der Waals surface area contributed by atoms with Crippen LogP contribution in [-0.4, -0.2) is 20.1 Å². The molecule has 0 aliphatic carbocycles. The number of hydrogen-bond donors (Lipinski definition) is 2. The molecule has 0 radical (unpaired) electrons. The fraction of sp³-hybridized carbons (Fsp3) is 0. The van der Waals surface area contributed by atoms with Gasteiger partial charge in [-0.2, -0.15) is 0 Å². The largest absolute Gasteiger partial charge is 0.503 e. The highest BCUT2D eigenvalue weighted by molar-refractivity contribution is 6.32. The van der Waals surface area contributed by atoms with Gasteiger partial charge in [-0.3, -0.25) is 20.2 Å². The predicted octanol–water partition coefficient (Wildman–Crippen LogP) is 1.57. The fourth-order valence-electron chi connectivity index (χ4n) is 0.922. The number of nitrogens with zero attached hydrogens (tertiary/aromatic N) is 2. The maximum atomic E-state index is 10.4. The minimum Gasteiger partial charge on any atom is -0.503 e. The molecule has 0 aliphatic rings. The summed E-state index contributed by atoms with van der Waals surface area (Å²) in [5.74, 6) is -2.19. The quantitative estimate of drug-likeness (QED) is 0.454. The van der Waals surface area contributed by atoms with Gasteiger partial charge in [0.05, 0.1) is 14.9 Å². The summed E-state index contributed by atoms with van der Waals surface area (Å²) in [7, 11) is 0. The number of benzene rings is 1. The third-order valence-electron chi connectivity index (χ3n) is 1.56. The van der Waals surface area contributed by atoms with Crippen LogP contribution in [0.2, 0.25) is 5.02 Å². The zero-order valence-corrected chi connectivity index (χ0v) is 7.63. The molecule has 0 aromatic heterocycles. The Hall–Kier alpha value is -2.09. The number of nitro groups is 2. The van der Waals surface area contributed by atoms with Crippen molar-refractivity contribution in [3.63, 3.8) is 0 Å². The van der Waals surface area contributed by atoms with Gasteiger partial charge in [-0.05, 0) is 0 Å². The second kappa shape index (κ2) is 3.58. The summed E-state index contributed by atoms with van der Waals surface area (Å²) in [5.41, 5.74) is -2.18. The highest BCUT2D eigenvalue weighted by Crippen LogP contribution is 2.46. The molecule has 0 aliphatic heterocycles. The molecule has 0 unspecified atom stereocenters. The fourth-order valence-corrected chi connectivity index (χ4v) is 1.12. The molecule has 0 saturated carbocycles. The molecule has 0 atom stereocenters. The number of nitro benzene ring substituents is 2. The zero-order valence-electron chi connectivity index (χ0n) is 6.88. The molecular formula is C6H3ClN2O6. The van der Waals surface area contributed by atoms with Crippen LogP contribution >= 0.6 is 11.6 Å². The number of phenolic OH excluding ortho intramolecular Hbond substituents is 2. The first-order valence-electron chi connectivity index (χ1n) is 3.39. The number of phenols is 2. The normalized spacial score (nSPS) is 9.93. The molecule has 0 saturated heterocycles. The van der Waals surface area contributed by atoms with Gasteiger partial charge >= 0.3 is 11.4 Å². The molecule has 1 aromatic rings. The highest BCUT2D eigenvalue weighted by atomic mass is 35.5. The van der Waals surface area contributed by atoms with Gasteiger partial charge in [-0.15, -0.1) is 0 Å². The molecule has 80 valence electrons. The van der Waals surface area contributed by atoms with Crippen molar-refractivity contribution in [1.29, 1.82) is 0 Å². The van der Waals surface area contributed by atoms with Gasteiger partial charge in [0.2, 0.25) is 5.75 Å². The Balaban J connectivity index is 3.65. The van der Waals surface area contributed by atoms with E-state index in [0.29, 0.717) is 6.07 Å². The molecule has 0 spiro atoms. The smallest absolute Gasteiger partial charge is 0.391 e. The van der Waals surface area contributed by atoms with Gasteiger partial charge in [0.15, 0.2) is 5.75 Å². The summed E-state index contributed by atoms with van der Waals surface area (Å²) in [5, 5.41) is 38.4. The van der Waals surface area contributed by atoms with Gasteiger partial charge < -0.3 is 10.2 Å². The van der Waals surface area contributed by atoms with Crippen LogP contribution in [0, 0.1) is 20.2 Å². The zero-order chi connectivity index (χ0) is 11.7. The lowest BCUT2D eigenvalue weighted by Gasteiger charge is -2.01. The molecule has 8 nitrogen and oxygen atoms in total. The monoisotopic (exact) mass is 234 g/mol. The maximum Gasteiger partial charge on any atom is 0.391 e. The van der Waals surface area contributed by atoms with Gasteiger partial charge in [-0.1, -0.05) is 11.6 Å². The van der Waals surface area contributed by atoms with Crippen LogP contribution in [0.15, 0.2) is 6.07 Å². The highest BCUT2D eigenvalue weighted by Gasteiger charge is 2.33. The summed E-state index contributed by atoms with van der Waals surface area (Å²) >= 11 is 5.30. The minimum atomic E-state index is -1.22. The molecule has 1 rings (SSSR count). The van der Waals surface area contributed by atoms with Crippen LogP contribution in [0.3, 0.4) is 0 Å². The predicted molar refractivity (Wildman–Crippen MR) is 48.1 cm³/mol. The lowest BCUT2D eigenvalue weighted by Crippen LogP contribution is -1.97. The number of hydrogen-bond acceptors (Lipinski definition) is 6. The van der Waals surface area contributed by atoms with E-state index in [4.69, 9.17) is 21.8 Å². The van der Waals surface area contributed by atoms with Crippen molar-refractivity contribution >= 4 is 23.0 Å². The summed E-state index contributed by atoms with van der Waals surface area (Å²) in [6.07, 6.45) is 0. The van der Waals surface area contributed by atoms with E-state index in [1.807, 2.05) is 0 Å². The van der Waals surface area contributed by atoms with E-state index < -0.39 is 37.7 Å². The summed E-state index contributed by atoms with van der Waals surface area (Å²) in [6.45, 7) is 0. The first-order chi connectivity index (χ1) is 6.86. The Morgan fingerprint density at radius 2 is 1.67 bits per heavy atom. The molecule has 0 heterocycles. The van der Waals surface area contributed by atoms with Crippen LogP contribution in [0.25, 0.3) is 0 Å². The van der Waals surface area contributed by atoms with Crippen molar-refractivity contribution in [2.45, 2.75) is 0 Å². The molecular weight excluding hydrogens is 232 g/mol. The minimum absolute atomic E-state index is 0.537. The summed E-state index contributed by atoms with van der Waals surface area (Å²) in [4.78, 5) is 18.5. The Labute approximate surface area is 86.6 Å². The third-order valence-corrected chi connectivity index (χ3v) is 1.85. The lowest BCUT2D eigenvalue weighted by atomic mass is 10.2. The van der Waals surface area contributed by atoms with E-state index in [-0.39, 0.29) is 0 Å². The third kappa shape index (κ3) is 1.74. The van der Waals surface area contributed by atoms with Gasteiger partial charge in [0.25, 0.3) is 0 Å². The van der Waals surface area contributed by atoms with E-state index in [9.17, 15) is 20.2 Å². The van der Waals surface area contributed by atoms with Crippen molar-refractivity contribution in [3.8, 4) is 11.5 Å². The SMILES string of the molecule is O=[N+]([O-])c1cc(Cl)c(O)c(O)c1[N+](=O)[O-]. The van der Waals surface area contributed by atoms with Crippen molar-refractivity contribution in [2.24, 2.45) is 0 Å². The van der Waals surface area contributed by atoms with Crippen LogP contribution in [0.4, 0.5) is 11.4 Å². The Bertz CT molecular complexity index is 459. The second-order valence-electron chi connectivity index (χ2n) is 2.44.